The Hall–Kier alpha value is -1.17. The Morgan fingerprint density at radius 1 is 1.35 bits per heavy atom. The van der Waals surface area contributed by atoms with Gasteiger partial charge in [0, 0.05) is 38.7 Å². The largest absolute Gasteiger partial charge is 0.488 e. The minimum Gasteiger partial charge on any atom is -0.488 e. The maximum absolute atomic E-state index is 6.08. The van der Waals surface area contributed by atoms with Crippen molar-refractivity contribution in [3.63, 3.8) is 0 Å². The lowest BCUT2D eigenvalue weighted by Gasteiger charge is -2.24. The molecule has 0 spiro atoms. The zero-order chi connectivity index (χ0) is 14.2. The van der Waals surface area contributed by atoms with Gasteiger partial charge in [0.15, 0.2) is 0 Å². The molecule has 5 nitrogen and oxygen atoms in total. The topological polar surface area (TPSA) is 52.6 Å². The van der Waals surface area contributed by atoms with Gasteiger partial charge in [0.1, 0.15) is 11.9 Å². The van der Waals surface area contributed by atoms with E-state index in [-0.39, 0.29) is 6.10 Å². The summed E-state index contributed by atoms with van der Waals surface area (Å²) in [5, 5.41) is 3.32. The molecule has 20 heavy (non-hydrogen) atoms. The average Bonchev–Trinajstić information content (AvgIpc) is 2.47. The molecule has 0 aromatic carbocycles. The first kappa shape index (κ1) is 15.2. The van der Waals surface area contributed by atoms with Gasteiger partial charge >= 0.3 is 0 Å². The Labute approximate surface area is 120 Å². The molecule has 1 aliphatic heterocycles. The first-order valence-corrected chi connectivity index (χ1v) is 7.20. The van der Waals surface area contributed by atoms with E-state index in [1.807, 2.05) is 19.1 Å². The van der Waals surface area contributed by atoms with E-state index in [0.29, 0.717) is 13.2 Å². The molecule has 0 bridgehead atoms. The van der Waals surface area contributed by atoms with Crippen molar-refractivity contribution in [2.24, 2.45) is 0 Å². The van der Waals surface area contributed by atoms with Gasteiger partial charge in [0.25, 0.3) is 0 Å². The fourth-order valence-electron chi connectivity index (χ4n) is 2.19. The minimum absolute atomic E-state index is 0.242. The highest BCUT2D eigenvalue weighted by Gasteiger charge is 2.17. The second-order valence-electron chi connectivity index (χ2n) is 5.00. The molecule has 0 saturated carbocycles. The van der Waals surface area contributed by atoms with Gasteiger partial charge in [-0.25, -0.2) is 0 Å². The average molecular weight is 280 g/mol. The number of hydrogen-bond donors (Lipinski definition) is 1. The van der Waals surface area contributed by atoms with Gasteiger partial charge in [-0.3, -0.25) is 4.98 Å². The van der Waals surface area contributed by atoms with Gasteiger partial charge in [0.2, 0.25) is 0 Å². The Morgan fingerprint density at radius 2 is 2.15 bits per heavy atom. The Morgan fingerprint density at radius 3 is 2.90 bits per heavy atom. The minimum atomic E-state index is 0.242. The maximum atomic E-state index is 6.08. The summed E-state index contributed by atoms with van der Waals surface area (Å²) in [7, 11) is 1.70. The predicted octanol–water partition coefficient (Wildman–Crippen LogP) is 1.68. The molecule has 1 fully saturated rings. The summed E-state index contributed by atoms with van der Waals surface area (Å²) >= 11 is 0. The van der Waals surface area contributed by atoms with E-state index >= 15 is 0 Å². The second kappa shape index (κ2) is 8.19. The molecular weight excluding hydrogens is 256 g/mol. The Bertz CT molecular complexity index is 406. The Balaban J connectivity index is 1.95. The third-order valence-electron chi connectivity index (χ3n) is 3.31. The van der Waals surface area contributed by atoms with Crippen LogP contribution in [-0.4, -0.2) is 44.6 Å². The zero-order valence-electron chi connectivity index (χ0n) is 12.4. The van der Waals surface area contributed by atoms with Crippen molar-refractivity contribution in [2.75, 3.05) is 33.5 Å². The molecule has 1 N–H and O–H groups in total. The second-order valence-corrected chi connectivity index (χ2v) is 5.00. The van der Waals surface area contributed by atoms with E-state index in [0.717, 1.165) is 49.7 Å². The van der Waals surface area contributed by atoms with Crippen LogP contribution in [0.2, 0.25) is 0 Å². The van der Waals surface area contributed by atoms with Crippen LogP contribution < -0.4 is 10.1 Å². The van der Waals surface area contributed by atoms with Gasteiger partial charge in [-0.15, -0.1) is 0 Å². The lowest BCUT2D eigenvalue weighted by Crippen LogP contribution is -2.27. The molecule has 0 aliphatic carbocycles. The summed E-state index contributed by atoms with van der Waals surface area (Å²) in [4.78, 5) is 4.58. The van der Waals surface area contributed by atoms with Crippen LogP contribution in [0.1, 0.15) is 24.2 Å². The molecule has 0 atom stereocenters. The van der Waals surface area contributed by atoms with Crippen molar-refractivity contribution >= 4 is 0 Å². The summed E-state index contributed by atoms with van der Waals surface area (Å²) in [5.74, 6) is 0.882. The fourth-order valence-corrected chi connectivity index (χ4v) is 2.19. The number of aryl methyl sites for hydroxylation is 1. The van der Waals surface area contributed by atoms with E-state index in [4.69, 9.17) is 14.2 Å². The van der Waals surface area contributed by atoms with E-state index < -0.39 is 0 Å². The van der Waals surface area contributed by atoms with Crippen LogP contribution in [0.15, 0.2) is 12.1 Å². The number of rotatable bonds is 7. The lowest BCUT2D eigenvalue weighted by molar-refractivity contribution is 0.0249. The molecule has 1 saturated heterocycles. The van der Waals surface area contributed by atoms with Crippen molar-refractivity contribution in [3.05, 3.63) is 23.5 Å². The number of aromatic nitrogens is 1. The van der Waals surface area contributed by atoms with Crippen LogP contribution in [0.25, 0.3) is 0 Å². The van der Waals surface area contributed by atoms with Gasteiger partial charge < -0.3 is 19.5 Å². The summed E-state index contributed by atoms with van der Waals surface area (Å²) in [6.07, 6.45) is 2.14. The molecule has 2 heterocycles. The van der Waals surface area contributed by atoms with Gasteiger partial charge in [-0.05, 0) is 19.1 Å². The third kappa shape index (κ3) is 4.74. The van der Waals surface area contributed by atoms with Crippen LogP contribution >= 0.6 is 0 Å². The van der Waals surface area contributed by atoms with Gasteiger partial charge in [0.05, 0.1) is 25.5 Å². The molecule has 5 heteroatoms. The fraction of sp³-hybridized carbons (Fsp3) is 0.667. The molecule has 2 rings (SSSR count). The summed E-state index contributed by atoms with van der Waals surface area (Å²) in [5.41, 5.74) is 1.97. The maximum Gasteiger partial charge on any atom is 0.142 e. The van der Waals surface area contributed by atoms with Crippen molar-refractivity contribution < 1.29 is 14.2 Å². The molecule has 0 unspecified atom stereocenters. The van der Waals surface area contributed by atoms with Crippen molar-refractivity contribution in [3.8, 4) is 5.75 Å². The van der Waals surface area contributed by atoms with Crippen LogP contribution in [0.3, 0.4) is 0 Å². The zero-order valence-corrected chi connectivity index (χ0v) is 12.4. The standard InChI is InChI=1S/C15H24N2O3/c1-12-3-4-15(20-13-5-8-19-9-6-13)14(17-12)11-16-7-10-18-2/h3-4,13,16H,5-11H2,1-2H3. The van der Waals surface area contributed by atoms with Crippen molar-refractivity contribution in [2.45, 2.75) is 32.4 Å². The van der Waals surface area contributed by atoms with Gasteiger partial charge in [-0.1, -0.05) is 0 Å². The predicted molar refractivity (Wildman–Crippen MR) is 77.0 cm³/mol. The van der Waals surface area contributed by atoms with E-state index in [1.165, 1.54) is 0 Å². The molecule has 0 amide bonds. The summed E-state index contributed by atoms with van der Waals surface area (Å²) in [6, 6.07) is 4.01. The van der Waals surface area contributed by atoms with Crippen LogP contribution in [-0.2, 0) is 16.0 Å². The Kier molecular flexibility index (Phi) is 6.24. The smallest absolute Gasteiger partial charge is 0.142 e. The highest BCUT2D eigenvalue weighted by molar-refractivity contribution is 5.29. The van der Waals surface area contributed by atoms with Gasteiger partial charge in [-0.2, -0.15) is 0 Å². The molecule has 1 aromatic heterocycles. The van der Waals surface area contributed by atoms with Crippen LogP contribution in [0.4, 0.5) is 0 Å². The van der Waals surface area contributed by atoms with E-state index in [2.05, 4.69) is 10.3 Å². The number of methoxy groups -OCH3 is 1. The number of pyridine rings is 1. The number of nitrogens with zero attached hydrogens (tertiary/aromatic N) is 1. The third-order valence-corrected chi connectivity index (χ3v) is 3.31. The summed E-state index contributed by atoms with van der Waals surface area (Å²) < 4.78 is 16.5. The monoisotopic (exact) mass is 280 g/mol. The molecule has 112 valence electrons. The SMILES string of the molecule is COCCNCc1nc(C)ccc1OC1CCOCC1. The highest BCUT2D eigenvalue weighted by atomic mass is 16.5. The molecule has 1 aliphatic rings. The molecular formula is C15H24N2O3. The van der Waals surface area contributed by atoms with Crippen LogP contribution in [0.5, 0.6) is 5.75 Å². The molecule has 1 aromatic rings. The first-order valence-electron chi connectivity index (χ1n) is 7.20. The first-order chi connectivity index (χ1) is 9.79. The van der Waals surface area contributed by atoms with E-state index in [1.54, 1.807) is 7.11 Å². The highest BCUT2D eigenvalue weighted by Crippen LogP contribution is 2.21. The van der Waals surface area contributed by atoms with E-state index in [9.17, 15) is 0 Å². The van der Waals surface area contributed by atoms with Crippen LogP contribution in [0, 0.1) is 6.92 Å². The summed E-state index contributed by atoms with van der Waals surface area (Å²) in [6.45, 7) is 5.77. The molecule has 0 radical (unpaired) electrons. The quantitative estimate of drug-likeness (QED) is 0.770. The lowest BCUT2D eigenvalue weighted by atomic mass is 10.1. The van der Waals surface area contributed by atoms with Crippen molar-refractivity contribution in [1.29, 1.82) is 0 Å². The number of nitrogens with one attached hydrogen (secondary N) is 1. The van der Waals surface area contributed by atoms with Crippen molar-refractivity contribution in [1.82, 2.24) is 10.3 Å². The number of hydrogen-bond acceptors (Lipinski definition) is 5. The number of ether oxygens (including phenoxy) is 3. The normalized spacial score (nSPS) is 16.3.